The number of fused-ring (bicyclic) bond motifs is 16. The average molecular weight is 792 g/mol. The molecule has 2 aliphatic heterocycles. The molecule has 5 atom stereocenters. The fourth-order valence-corrected chi connectivity index (χ4v) is 14.3. The Kier molecular flexibility index (Phi) is 5.77. The molecule has 3 nitrogen and oxygen atoms in total. The topological polar surface area (TPSA) is 21.4 Å². The van der Waals surface area contributed by atoms with Crippen LogP contribution in [0, 0.1) is 11.8 Å². The van der Waals surface area contributed by atoms with Crippen molar-refractivity contribution in [3.63, 3.8) is 0 Å². The van der Waals surface area contributed by atoms with E-state index in [-0.39, 0.29) is 17.6 Å². The summed E-state index contributed by atoms with van der Waals surface area (Å²) < 4.78 is 5.52. The fraction of sp³-hybridized carbons (Fsp3) is 0.153. The molecular formula is C59H41N3. The lowest BCUT2D eigenvalue weighted by atomic mass is 9.55. The molecule has 0 radical (unpaired) electrons. The quantitative estimate of drug-likeness (QED) is 0.176. The normalized spacial score (nSPS) is 22.5. The van der Waals surface area contributed by atoms with E-state index in [1.807, 2.05) is 0 Å². The minimum atomic E-state index is -0.194. The Labute approximate surface area is 357 Å². The predicted molar refractivity (Wildman–Crippen MR) is 259 cm³/mol. The van der Waals surface area contributed by atoms with Crippen LogP contribution in [-0.2, 0) is 5.41 Å². The lowest BCUT2D eigenvalue weighted by Gasteiger charge is -2.54. The summed E-state index contributed by atoms with van der Waals surface area (Å²) in [5, 5.41) is 20.8. The molecule has 3 heteroatoms. The summed E-state index contributed by atoms with van der Waals surface area (Å²) in [6, 6.07) is 63.4. The Balaban J connectivity index is 1.16. The minimum absolute atomic E-state index is 0.0153. The van der Waals surface area contributed by atoms with Gasteiger partial charge in [0.25, 0.3) is 0 Å². The van der Waals surface area contributed by atoms with Crippen molar-refractivity contribution in [2.45, 2.75) is 43.8 Å². The molecule has 1 fully saturated rings. The molecule has 5 unspecified atom stereocenters. The van der Waals surface area contributed by atoms with Crippen LogP contribution in [-0.4, -0.2) is 8.97 Å². The maximum atomic E-state index is 4.72. The van der Waals surface area contributed by atoms with Crippen LogP contribution >= 0.6 is 0 Å². The number of rotatable bonds is 1. The van der Waals surface area contributed by atoms with Crippen LogP contribution in [0.25, 0.3) is 97.8 Å². The highest BCUT2D eigenvalue weighted by molar-refractivity contribution is 6.38. The van der Waals surface area contributed by atoms with Gasteiger partial charge >= 0.3 is 0 Å². The van der Waals surface area contributed by atoms with E-state index < -0.39 is 0 Å². The van der Waals surface area contributed by atoms with Gasteiger partial charge in [-0.05, 0) is 102 Å². The average Bonchev–Trinajstić information content (AvgIpc) is 3.98. The second-order valence-electron chi connectivity index (χ2n) is 19.5. The summed E-state index contributed by atoms with van der Waals surface area (Å²) in [6.45, 7) is 5.02. The SMILES string of the molecule is CC1(C)C2=C(c3ccccc31)C1CC3C1c1cccc4cc5c6cccc7c8c9ccccc9c9c%10ccccc%10n(c9c8n(c5cc14)c67)C3NC2c1cccc2ccccc12. The highest BCUT2D eigenvalue weighted by Gasteiger charge is 2.56. The Morgan fingerprint density at radius 1 is 0.516 bits per heavy atom. The summed E-state index contributed by atoms with van der Waals surface area (Å²) in [4.78, 5) is 0. The third kappa shape index (κ3) is 3.63. The van der Waals surface area contributed by atoms with Gasteiger partial charge in [-0.15, -0.1) is 0 Å². The maximum absolute atomic E-state index is 4.72. The summed E-state index contributed by atoms with van der Waals surface area (Å²) in [6.07, 6.45) is 1.10. The third-order valence-electron chi connectivity index (χ3n) is 16.6. The summed E-state index contributed by atoms with van der Waals surface area (Å²) in [5.74, 6) is 1.01. The molecule has 16 rings (SSSR count). The Bertz CT molecular complexity index is 4060. The zero-order valence-corrected chi connectivity index (χ0v) is 34.6. The van der Waals surface area contributed by atoms with Crippen LogP contribution in [0.5, 0.6) is 0 Å². The molecule has 292 valence electrons. The van der Waals surface area contributed by atoms with E-state index in [0.29, 0.717) is 17.8 Å². The number of para-hydroxylation sites is 2. The van der Waals surface area contributed by atoms with Crippen LogP contribution in [0.3, 0.4) is 0 Å². The van der Waals surface area contributed by atoms with Crippen molar-refractivity contribution in [1.82, 2.24) is 14.3 Å². The molecule has 0 amide bonds. The van der Waals surface area contributed by atoms with Crippen LogP contribution < -0.4 is 5.32 Å². The summed E-state index contributed by atoms with van der Waals surface area (Å²) in [7, 11) is 0. The smallest absolute Gasteiger partial charge is 0.0888 e. The van der Waals surface area contributed by atoms with Gasteiger partial charge in [0.15, 0.2) is 0 Å². The first-order valence-electron chi connectivity index (χ1n) is 22.6. The van der Waals surface area contributed by atoms with Gasteiger partial charge in [0.1, 0.15) is 0 Å². The molecule has 1 N–H and O–H groups in total. The van der Waals surface area contributed by atoms with Crippen LogP contribution in [0.15, 0.2) is 169 Å². The molecule has 0 saturated heterocycles. The summed E-state index contributed by atoms with van der Waals surface area (Å²) in [5.41, 5.74) is 15.4. The monoisotopic (exact) mass is 791 g/mol. The molecule has 4 aliphatic rings. The van der Waals surface area contributed by atoms with Crippen LogP contribution in [0.4, 0.5) is 0 Å². The highest BCUT2D eigenvalue weighted by atomic mass is 15.2. The van der Waals surface area contributed by atoms with Crippen LogP contribution in [0.2, 0.25) is 0 Å². The zero-order chi connectivity index (χ0) is 40.3. The van der Waals surface area contributed by atoms with Crippen molar-refractivity contribution >= 4 is 97.8 Å². The number of hydrogen-bond acceptors (Lipinski definition) is 1. The third-order valence-corrected chi connectivity index (χ3v) is 16.6. The van der Waals surface area contributed by atoms with Gasteiger partial charge in [-0.2, -0.15) is 0 Å². The first kappa shape index (κ1) is 32.8. The van der Waals surface area contributed by atoms with Gasteiger partial charge in [0.2, 0.25) is 0 Å². The zero-order valence-electron chi connectivity index (χ0n) is 34.6. The van der Waals surface area contributed by atoms with Crippen molar-refractivity contribution in [2.24, 2.45) is 11.8 Å². The minimum Gasteiger partial charge on any atom is -0.322 e. The van der Waals surface area contributed by atoms with Gasteiger partial charge < -0.3 is 8.97 Å². The fourth-order valence-electron chi connectivity index (χ4n) is 14.3. The van der Waals surface area contributed by atoms with Crippen molar-refractivity contribution in [3.05, 3.63) is 192 Å². The number of benzene rings is 9. The standard InChI is InChI=1S/C59H41N3/c1-59(2)46-26-9-7-20-39(46)50-44-29-45-49(44)36-22-12-16-32-28-43-38-24-13-25-41-52-35-19-6-5-18-34(35)51-40-21-8-10-27-47(40)62(57(51)56(52)61(55(38)41)48(43)30-42(32)36)58(45)60-54(53(50)59)37-23-11-15-31-14-3-4-17-33(31)37/h3-28,30,44-45,49,54,58,60H,29H2,1-2H3. The van der Waals surface area contributed by atoms with Crippen molar-refractivity contribution in [1.29, 1.82) is 0 Å². The van der Waals surface area contributed by atoms with Gasteiger partial charge in [0, 0.05) is 43.7 Å². The number of nitrogens with zero attached hydrogens (tertiary/aromatic N) is 2. The lowest BCUT2D eigenvalue weighted by molar-refractivity contribution is 0.0927. The number of allylic oxidation sites excluding steroid dienone is 1. The van der Waals surface area contributed by atoms with Gasteiger partial charge in [0.05, 0.1) is 39.8 Å². The van der Waals surface area contributed by atoms with Crippen molar-refractivity contribution < 1.29 is 0 Å². The lowest BCUT2D eigenvalue weighted by Crippen LogP contribution is -2.50. The van der Waals surface area contributed by atoms with Crippen molar-refractivity contribution in [3.8, 4) is 0 Å². The molecule has 12 aromatic rings. The first-order valence-corrected chi connectivity index (χ1v) is 22.6. The molecule has 3 aromatic heterocycles. The Morgan fingerprint density at radius 2 is 1.18 bits per heavy atom. The van der Waals surface area contributed by atoms with E-state index in [4.69, 9.17) is 5.32 Å². The van der Waals surface area contributed by atoms with E-state index in [1.165, 1.54) is 114 Å². The van der Waals surface area contributed by atoms with Gasteiger partial charge in [-0.3, -0.25) is 5.32 Å². The highest BCUT2D eigenvalue weighted by Crippen LogP contribution is 2.67. The predicted octanol–water partition coefficient (Wildman–Crippen LogP) is 14.7. The molecule has 0 spiro atoms. The van der Waals surface area contributed by atoms with E-state index in [0.717, 1.165) is 6.42 Å². The van der Waals surface area contributed by atoms with E-state index in [1.54, 1.807) is 11.1 Å². The van der Waals surface area contributed by atoms with E-state index in [2.05, 4.69) is 187 Å². The largest absolute Gasteiger partial charge is 0.322 e. The van der Waals surface area contributed by atoms with E-state index >= 15 is 0 Å². The Morgan fingerprint density at radius 3 is 2.05 bits per heavy atom. The van der Waals surface area contributed by atoms with Crippen molar-refractivity contribution in [2.75, 3.05) is 0 Å². The number of nitrogens with one attached hydrogen (secondary N) is 1. The molecule has 4 bridgehead atoms. The number of hydrogen-bond donors (Lipinski definition) is 1. The second-order valence-corrected chi connectivity index (χ2v) is 19.5. The second kappa shape index (κ2) is 10.9. The first-order chi connectivity index (χ1) is 30.6. The molecular weight excluding hydrogens is 751 g/mol. The molecule has 62 heavy (non-hydrogen) atoms. The van der Waals surface area contributed by atoms with E-state index in [9.17, 15) is 0 Å². The molecule has 5 heterocycles. The summed E-state index contributed by atoms with van der Waals surface area (Å²) >= 11 is 0. The maximum Gasteiger partial charge on any atom is 0.0888 e. The van der Waals surface area contributed by atoms with Gasteiger partial charge in [-0.25, -0.2) is 0 Å². The van der Waals surface area contributed by atoms with Gasteiger partial charge in [-0.1, -0.05) is 159 Å². The Hall–Kier alpha value is -6.94. The molecule has 1 saturated carbocycles. The van der Waals surface area contributed by atoms with Crippen LogP contribution in [0.1, 0.15) is 60.6 Å². The molecule has 9 aromatic carbocycles. The number of aromatic nitrogens is 2. The molecule has 2 aliphatic carbocycles.